The van der Waals surface area contributed by atoms with Gasteiger partial charge in [0.2, 0.25) is 0 Å². The Kier molecular flexibility index (Phi) is 4.90. The predicted molar refractivity (Wildman–Crippen MR) is 203 cm³/mol. The van der Waals surface area contributed by atoms with Crippen molar-refractivity contribution in [3.05, 3.63) is 164 Å². The molecule has 11 aromatic rings. The normalized spacial score (nSPS) is 12.3. The molecule has 1 heterocycles. The first kappa shape index (κ1) is 25.1. The third kappa shape index (κ3) is 3.23. The van der Waals surface area contributed by atoms with Crippen LogP contribution in [0.5, 0.6) is 0 Å². The molecule has 0 bridgehead atoms. The van der Waals surface area contributed by atoms with E-state index in [1.807, 2.05) is 0 Å². The summed E-state index contributed by atoms with van der Waals surface area (Å²) in [5.74, 6) is 0. The highest BCUT2D eigenvalue weighted by molar-refractivity contribution is 6.37. The molecule has 0 aliphatic rings. The molecule has 47 heavy (non-hydrogen) atoms. The van der Waals surface area contributed by atoms with E-state index in [0.717, 1.165) is 0 Å². The average Bonchev–Trinajstić information content (AvgIpc) is 3.49. The van der Waals surface area contributed by atoms with Gasteiger partial charge < -0.3 is 4.57 Å². The van der Waals surface area contributed by atoms with Crippen LogP contribution in [0.2, 0.25) is 0 Å². The second-order valence-electron chi connectivity index (χ2n) is 12.8. The molecule has 0 spiro atoms. The lowest BCUT2D eigenvalue weighted by Gasteiger charge is -2.19. The molecular formula is C46H27N. The Morgan fingerprint density at radius 2 is 0.723 bits per heavy atom. The van der Waals surface area contributed by atoms with Crippen LogP contribution < -0.4 is 0 Å². The van der Waals surface area contributed by atoms with E-state index in [2.05, 4.69) is 168 Å². The van der Waals surface area contributed by atoms with E-state index in [1.54, 1.807) is 0 Å². The summed E-state index contributed by atoms with van der Waals surface area (Å²) in [6, 6.07) is 60.7. The fourth-order valence-corrected chi connectivity index (χ4v) is 8.63. The minimum atomic E-state index is 1.21. The van der Waals surface area contributed by atoms with E-state index in [0.29, 0.717) is 0 Å². The lowest BCUT2D eigenvalue weighted by atomic mass is 9.90. The topological polar surface area (TPSA) is 4.93 Å². The molecule has 0 saturated carbocycles. The van der Waals surface area contributed by atoms with Gasteiger partial charge in [-0.3, -0.25) is 0 Å². The number of aromatic nitrogens is 1. The zero-order valence-corrected chi connectivity index (χ0v) is 25.5. The van der Waals surface area contributed by atoms with E-state index in [9.17, 15) is 0 Å². The van der Waals surface area contributed by atoms with E-state index >= 15 is 0 Å². The number of hydrogen-bond acceptors (Lipinski definition) is 0. The van der Waals surface area contributed by atoms with Crippen LogP contribution in [-0.2, 0) is 0 Å². The Labute approximate surface area is 270 Å². The Balaban J connectivity index is 1.45. The predicted octanol–water partition coefficient (Wildman–Crippen LogP) is 12.9. The summed E-state index contributed by atoms with van der Waals surface area (Å²) < 4.78 is 2.57. The van der Waals surface area contributed by atoms with Crippen molar-refractivity contribution >= 4 is 97.2 Å². The number of fused-ring (bicyclic) bond motifs is 18. The van der Waals surface area contributed by atoms with Gasteiger partial charge >= 0.3 is 0 Å². The molecule has 0 atom stereocenters. The number of nitrogens with zero attached hydrogens (tertiary/aromatic N) is 1. The summed E-state index contributed by atoms with van der Waals surface area (Å²) in [5, 5.41) is 20.7. The second kappa shape index (κ2) is 9.19. The van der Waals surface area contributed by atoms with Crippen molar-refractivity contribution in [3.63, 3.8) is 0 Å². The highest BCUT2D eigenvalue weighted by atomic mass is 15.0. The van der Waals surface area contributed by atoms with Gasteiger partial charge in [-0.25, -0.2) is 0 Å². The third-order valence-corrected chi connectivity index (χ3v) is 10.5. The third-order valence-electron chi connectivity index (χ3n) is 10.5. The van der Waals surface area contributed by atoms with E-state index in [1.165, 1.54) is 103 Å². The SMILES string of the molecule is c1ccc2c(c1)ccc1c2c2ccccc2c2c3ccccc3n(-c3cc4c5ccccc5c5ccccc5c4c4ccccc34)c12. The van der Waals surface area contributed by atoms with Gasteiger partial charge in [-0.05, 0) is 76.8 Å². The molecule has 0 saturated heterocycles. The standard InChI is InChI=1S/C46H27N/c1-2-14-29-28(13-1)25-26-39-43(29)36-21-9-10-22-37(36)45-38-23-11-12-24-41(38)47(46(39)45)42-27-40-32-17-4-3-15-30(32)31-16-5-7-19-34(31)44(40)35-20-8-6-18-33(35)42/h1-27H. The molecule has 1 aromatic heterocycles. The number of benzene rings is 10. The summed E-state index contributed by atoms with van der Waals surface area (Å²) in [6.45, 7) is 0. The zero-order valence-electron chi connectivity index (χ0n) is 25.5. The zero-order chi connectivity index (χ0) is 30.6. The largest absolute Gasteiger partial charge is 0.308 e. The van der Waals surface area contributed by atoms with Crippen molar-refractivity contribution in [2.24, 2.45) is 0 Å². The summed E-state index contributed by atoms with van der Waals surface area (Å²) in [4.78, 5) is 0. The van der Waals surface area contributed by atoms with Gasteiger partial charge in [-0.2, -0.15) is 0 Å². The number of para-hydroxylation sites is 1. The average molecular weight is 594 g/mol. The van der Waals surface area contributed by atoms with Crippen molar-refractivity contribution < 1.29 is 0 Å². The van der Waals surface area contributed by atoms with Crippen LogP contribution in [0.4, 0.5) is 0 Å². The van der Waals surface area contributed by atoms with Crippen LogP contribution in [0.1, 0.15) is 0 Å². The van der Waals surface area contributed by atoms with Crippen molar-refractivity contribution in [1.29, 1.82) is 0 Å². The van der Waals surface area contributed by atoms with Crippen LogP contribution in [0.15, 0.2) is 164 Å². The maximum Gasteiger partial charge on any atom is 0.0626 e. The molecular weight excluding hydrogens is 567 g/mol. The monoisotopic (exact) mass is 593 g/mol. The molecule has 0 fully saturated rings. The summed E-state index contributed by atoms with van der Waals surface area (Å²) in [6.07, 6.45) is 0. The molecule has 0 N–H and O–H groups in total. The smallest absolute Gasteiger partial charge is 0.0626 e. The molecule has 11 rings (SSSR count). The number of rotatable bonds is 1. The maximum atomic E-state index is 2.57. The van der Waals surface area contributed by atoms with Gasteiger partial charge in [0.1, 0.15) is 0 Å². The maximum absolute atomic E-state index is 2.57. The first-order valence-corrected chi connectivity index (χ1v) is 16.4. The summed E-state index contributed by atoms with van der Waals surface area (Å²) >= 11 is 0. The van der Waals surface area contributed by atoms with Gasteiger partial charge in [-0.1, -0.05) is 152 Å². The second-order valence-corrected chi connectivity index (χ2v) is 12.8. The van der Waals surface area contributed by atoms with Gasteiger partial charge in [-0.15, -0.1) is 0 Å². The van der Waals surface area contributed by atoms with Gasteiger partial charge in [0, 0.05) is 21.5 Å². The minimum absolute atomic E-state index is 1.21. The summed E-state index contributed by atoms with van der Waals surface area (Å²) in [5.41, 5.74) is 3.70. The van der Waals surface area contributed by atoms with Crippen LogP contribution in [-0.4, -0.2) is 4.57 Å². The van der Waals surface area contributed by atoms with Crippen molar-refractivity contribution in [2.75, 3.05) is 0 Å². The van der Waals surface area contributed by atoms with Crippen molar-refractivity contribution in [1.82, 2.24) is 4.57 Å². The van der Waals surface area contributed by atoms with E-state index in [4.69, 9.17) is 0 Å². The fraction of sp³-hybridized carbons (Fsp3) is 0. The first-order valence-electron chi connectivity index (χ1n) is 16.4. The highest BCUT2D eigenvalue weighted by Gasteiger charge is 2.22. The molecule has 1 heteroatoms. The minimum Gasteiger partial charge on any atom is -0.308 e. The first-order chi connectivity index (χ1) is 23.4. The fourth-order valence-electron chi connectivity index (χ4n) is 8.63. The molecule has 1 nitrogen and oxygen atoms in total. The Hall–Kier alpha value is -6.18. The van der Waals surface area contributed by atoms with Crippen LogP contribution >= 0.6 is 0 Å². The summed E-state index contributed by atoms with van der Waals surface area (Å²) in [7, 11) is 0. The van der Waals surface area contributed by atoms with Gasteiger partial charge in [0.15, 0.2) is 0 Å². The molecule has 10 aromatic carbocycles. The highest BCUT2D eigenvalue weighted by Crippen LogP contribution is 2.47. The Morgan fingerprint density at radius 3 is 1.43 bits per heavy atom. The molecule has 0 aliphatic carbocycles. The number of hydrogen-bond donors (Lipinski definition) is 0. The van der Waals surface area contributed by atoms with Gasteiger partial charge in [0.25, 0.3) is 0 Å². The van der Waals surface area contributed by atoms with Crippen LogP contribution in [0.25, 0.3) is 103 Å². The molecule has 0 unspecified atom stereocenters. The van der Waals surface area contributed by atoms with E-state index < -0.39 is 0 Å². The molecule has 0 radical (unpaired) electrons. The van der Waals surface area contributed by atoms with Crippen molar-refractivity contribution in [3.8, 4) is 5.69 Å². The lowest BCUT2D eigenvalue weighted by molar-refractivity contribution is 1.21. The quantitative estimate of drug-likeness (QED) is 0.167. The molecule has 0 aliphatic heterocycles. The Bertz CT molecular complexity index is 3120. The van der Waals surface area contributed by atoms with Crippen LogP contribution in [0, 0.1) is 0 Å². The van der Waals surface area contributed by atoms with Crippen molar-refractivity contribution in [2.45, 2.75) is 0 Å². The lowest BCUT2D eigenvalue weighted by Crippen LogP contribution is -1.98. The van der Waals surface area contributed by atoms with E-state index in [-0.39, 0.29) is 0 Å². The van der Waals surface area contributed by atoms with Gasteiger partial charge in [0.05, 0.1) is 16.7 Å². The molecule has 216 valence electrons. The van der Waals surface area contributed by atoms with Crippen LogP contribution in [0.3, 0.4) is 0 Å². The molecule has 0 amide bonds. The Morgan fingerprint density at radius 1 is 0.277 bits per heavy atom.